The van der Waals surface area contributed by atoms with Crippen LogP contribution in [0.2, 0.25) is 0 Å². The fraction of sp³-hybridized carbons (Fsp3) is 0.100. The van der Waals surface area contributed by atoms with E-state index in [0.717, 1.165) is 11.9 Å². The van der Waals surface area contributed by atoms with Crippen LogP contribution in [0.1, 0.15) is 16.2 Å². The Kier molecular flexibility index (Phi) is 2.63. The number of pyridine rings is 1. The Morgan fingerprint density at radius 2 is 2.31 bits per heavy atom. The van der Waals surface area contributed by atoms with E-state index in [-0.39, 0.29) is 5.69 Å². The first-order valence-corrected chi connectivity index (χ1v) is 4.60. The van der Waals surface area contributed by atoms with E-state index in [1.807, 2.05) is 6.92 Å². The van der Waals surface area contributed by atoms with Crippen LogP contribution in [-0.4, -0.2) is 21.1 Å². The quantitative estimate of drug-likeness (QED) is 0.805. The lowest BCUT2D eigenvalue weighted by molar-refractivity contribution is 0.102. The molecule has 0 aliphatic rings. The van der Waals surface area contributed by atoms with E-state index in [1.54, 1.807) is 6.07 Å². The van der Waals surface area contributed by atoms with Crippen LogP contribution in [0.5, 0.6) is 0 Å². The number of nitrogens with zero attached hydrogens (tertiary/aromatic N) is 2. The first kappa shape index (κ1) is 10.3. The van der Waals surface area contributed by atoms with E-state index < -0.39 is 11.7 Å². The number of rotatable bonds is 2. The molecular formula is C10H9FN4O. The Bertz CT molecular complexity index is 506. The Morgan fingerprint density at radius 3 is 2.88 bits per heavy atom. The van der Waals surface area contributed by atoms with Crippen LogP contribution in [-0.2, 0) is 0 Å². The number of H-pyrrole nitrogens is 1. The third-order valence-corrected chi connectivity index (χ3v) is 1.91. The van der Waals surface area contributed by atoms with Crippen molar-refractivity contribution in [3.05, 3.63) is 41.6 Å². The molecule has 0 aliphatic carbocycles. The summed E-state index contributed by atoms with van der Waals surface area (Å²) in [6, 6.07) is 4.17. The van der Waals surface area contributed by atoms with Crippen LogP contribution in [0.15, 0.2) is 24.4 Å². The fourth-order valence-electron chi connectivity index (χ4n) is 1.17. The molecule has 0 saturated carbocycles. The van der Waals surface area contributed by atoms with E-state index in [2.05, 4.69) is 20.5 Å². The molecule has 5 nitrogen and oxygen atoms in total. The molecule has 2 rings (SSSR count). The van der Waals surface area contributed by atoms with Gasteiger partial charge >= 0.3 is 0 Å². The molecule has 2 N–H and O–H groups in total. The number of aromatic amines is 1. The van der Waals surface area contributed by atoms with Crippen molar-refractivity contribution >= 4 is 11.7 Å². The lowest BCUT2D eigenvalue weighted by Crippen LogP contribution is -2.13. The highest BCUT2D eigenvalue weighted by molar-refractivity contribution is 6.02. The second-order valence-electron chi connectivity index (χ2n) is 3.25. The van der Waals surface area contributed by atoms with E-state index in [9.17, 15) is 9.18 Å². The first-order valence-electron chi connectivity index (χ1n) is 4.60. The number of amides is 1. The summed E-state index contributed by atoms with van der Waals surface area (Å²) in [5.74, 6) is -0.493. The molecule has 82 valence electrons. The van der Waals surface area contributed by atoms with Crippen molar-refractivity contribution in [2.45, 2.75) is 6.92 Å². The van der Waals surface area contributed by atoms with Gasteiger partial charge in [-0.1, -0.05) is 0 Å². The van der Waals surface area contributed by atoms with E-state index in [0.29, 0.717) is 5.82 Å². The van der Waals surface area contributed by atoms with Crippen LogP contribution in [0.4, 0.5) is 10.2 Å². The summed E-state index contributed by atoms with van der Waals surface area (Å²) in [7, 11) is 0. The Balaban J connectivity index is 2.11. The van der Waals surface area contributed by atoms with Crippen molar-refractivity contribution in [3.8, 4) is 0 Å². The van der Waals surface area contributed by atoms with Gasteiger partial charge in [0.1, 0.15) is 11.5 Å². The maximum absolute atomic E-state index is 12.6. The number of anilines is 1. The summed E-state index contributed by atoms with van der Waals surface area (Å²) in [5, 5.41) is 9.06. The summed E-state index contributed by atoms with van der Waals surface area (Å²) >= 11 is 0. The minimum atomic E-state index is -0.479. The molecule has 16 heavy (non-hydrogen) atoms. The highest BCUT2D eigenvalue weighted by Crippen LogP contribution is 2.06. The van der Waals surface area contributed by atoms with Gasteiger partial charge in [0.05, 0.1) is 6.20 Å². The second-order valence-corrected chi connectivity index (χ2v) is 3.25. The van der Waals surface area contributed by atoms with Gasteiger partial charge in [0.2, 0.25) is 0 Å². The molecule has 1 amide bonds. The number of aryl methyl sites for hydroxylation is 1. The lowest BCUT2D eigenvalue weighted by atomic mass is 10.3. The van der Waals surface area contributed by atoms with E-state index >= 15 is 0 Å². The molecule has 2 aromatic rings. The summed E-state index contributed by atoms with van der Waals surface area (Å²) in [6.07, 6.45) is 0.991. The Labute approximate surface area is 90.7 Å². The number of carbonyl (C=O) groups excluding carboxylic acids is 1. The summed E-state index contributed by atoms with van der Waals surface area (Å²) < 4.78 is 12.6. The van der Waals surface area contributed by atoms with Crippen LogP contribution >= 0.6 is 0 Å². The van der Waals surface area contributed by atoms with Gasteiger partial charge in [-0.05, 0) is 19.1 Å². The van der Waals surface area contributed by atoms with E-state index in [4.69, 9.17) is 0 Å². The highest BCUT2D eigenvalue weighted by atomic mass is 19.1. The average molecular weight is 220 g/mol. The van der Waals surface area contributed by atoms with E-state index in [1.165, 1.54) is 12.1 Å². The van der Waals surface area contributed by atoms with Crippen LogP contribution in [0.3, 0.4) is 0 Å². The zero-order valence-corrected chi connectivity index (χ0v) is 8.49. The molecular weight excluding hydrogens is 211 g/mol. The van der Waals surface area contributed by atoms with Crippen LogP contribution < -0.4 is 5.32 Å². The maximum Gasteiger partial charge on any atom is 0.275 e. The number of hydrogen-bond acceptors (Lipinski definition) is 3. The standard InChI is InChI=1S/C10H9FN4O/c1-6-4-9(15-14-6)13-10(16)8-3-2-7(11)5-12-8/h2-5H,1H3,(H2,13,14,15,16). The third-order valence-electron chi connectivity index (χ3n) is 1.91. The molecule has 0 radical (unpaired) electrons. The van der Waals surface area contributed by atoms with Gasteiger partial charge in [0.25, 0.3) is 5.91 Å². The van der Waals surface area contributed by atoms with Gasteiger partial charge in [-0.25, -0.2) is 9.37 Å². The fourth-order valence-corrected chi connectivity index (χ4v) is 1.17. The number of nitrogens with one attached hydrogen (secondary N) is 2. The third kappa shape index (κ3) is 2.22. The molecule has 0 aliphatic heterocycles. The summed E-state index contributed by atoms with van der Waals surface area (Å²) in [6.45, 7) is 1.82. The predicted octanol–water partition coefficient (Wildman–Crippen LogP) is 1.50. The maximum atomic E-state index is 12.6. The molecule has 0 atom stereocenters. The molecule has 0 bridgehead atoms. The molecule has 0 aromatic carbocycles. The number of hydrogen-bond donors (Lipinski definition) is 2. The smallest absolute Gasteiger partial charge is 0.275 e. The molecule has 2 heterocycles. The highest BCUT2D eigenvalue weighted by Gasteiger charge is 2.08. The second kappa shape index (κ2) is 4.09. The molecule has 0 fully saturated rings. The largest absolute Gasteiger partial charge is 0.304 e. The number of carbonyl (C=O) groups is 1. The van der Waals surface area contributed by atoms with Crippen molar-refractivity contribution < 1.29 is 9.18 Å². The van der Waals surface area contributed by atoms with Gasteiger partial charge < -0.3 is 5.32 Å². The molecule has 0 unspecified atom stereocenters. The Morgan fingerprint density at radius 1 is 1.50 bits per heavy atom. The number of aromatic nitrogens is 3. The van der Waals surface area contributed by atoms with Crippen molar-refractivity contribution in [1.29, 1.82) is 0 Å². The minimum absolute atomic E-state index is 0.141. The molecule has 2 aromatic heterocycles. The van der Waals surface area contributed by atoms with Gasteiger partial charge in [0.15, 0.2) is 5.82 Å². The van der Waals surface area contributed by atoms with Gasteiger partial charge in [-0.3, -0.25) is 9.89 Å². The summed E-state index contributed by atoms with van der Waals surface area (Å²) in [5.41, 5.74) is 0.976. The minimum Gasteiger partial charge on any atom is -0.304 e. The zero-order chi connectivity index (χ0) is 11.5. The van der Waals surface area contributed by atoms with Gasteiger partial charge in [0, 0.05) is 11.8 Å². The van der Waals surface area contributed by atoms with Crippen molar-refractivity contribution in [3.63, 3.8) is 0 Å². The molecule has 0 saturated heterocycles. The van der Waals surface area contributed by atoms with Crippen LogP contribution in [0.25, 0.3) is 0 Å². The molecule has 6 heteroatoms. The topological polar surface area (TPSA) is 70.7 Å². The SMILES string of the molecule is Cc1cc(NC(=O)c2ccc(F)cn2)n[nH]1. The van der Waals surface area contributed by atoms with Gasteiger partial charge in [-0.15, -0.1) is 0 Å². The molecule has 0 spiro atoms. The normalized spacial score (nSPS) is 10.1. The number of halogens is 1. The first-order chi connectivity index (χ1) is 7.65. The summed E-state index contributed by atoms with van der Waals surface area (Å²) in [4.78, 5) is 15.2. The van der Waals surface area contributed by atoms with Crippen molar-refractivity contribution in [1.82, 2.24) is 15.2 Å². The lowest BCUT2D eigenvalue weighted by Gasteiger charge is -1.99. The average Bonchev–Trinajstić information content (AvgIpc) is 2.65. The van der Waals surface area contributed by atoms with Gasteiger partial charge in [-0.2, -0.15) is 5.10 Å². The van der Waals surface area contributed by atoms with Crippen molar-refractivity contribution in [2.75, 3.05) is 5.32 Å². The zero-order valence-electron chi connectivity index (χ0n) is 8.49. The predicted molar refractivity (Wildman–Crippen MR) is 55.5 cm³/mol. The van der Waals surface area contributed by atoms with Crippen LogP contribution in [0, 0.1) is 12.7 Å². The monoisotopic (exact) mass is 220 g/mol. The Hall–Kier alpha value is -2.24. The van der Waals surface area contributed by atoms with Crippen molar-refractivity contribution in [2.24, 2.45) is 0 Å².